The molecule has 38 heavy (non-hydrogen) atoms. The molecule has 1 aliphatic carbocycles. The lowest BCUT2D eigenvalue weighted by molar-refractivity contribution is -0.138. The van der Waals surface area contributed by atoms with Crippen molar-refractivity contribution in [2.24, 2.45) is 0 Å². The average molecular weight is 518 g/mol. The Kier molecular flexibility index (Phi) is 6.65. The minimum absolute atomic E-state index is 0.0651. The molecule has 8 heteroatoms. The van der Waals surface area contributed by atoms with Crippen LogP contribution < -0.4 is 10.6 Å². The van der Waals surface area contributed by atoms with Crippen molar-refractivity contribution in [3.8, 4) is 0 Å². The molecule has 5 nitrogen and oxygen atoms in total. The molecule has 1 aromatic heterocycles. The molecule has 2 atom stereocenters. The lowest BCUT2D eigenvalue weighted by atomic mass is 9.70. The van der Waals surface area contributed by atoms with E-state index in [-0.39, 0.29) is 40.6 Å². The molecular weight excluding hydrogens is 491 g/mol. The van der Waals surface area contributed by atoms with E-state index in [1.807, 2.05) is 37.3 Å². The van der Waals surface area contributed by atoms with Gasteiger partial charge >= 0.3 is 6.18 Å². The zero-order valence-electron chi connectivity index (χ0n) is 20.9. The number of ketones is 1. The van der Waals surface area contributed by atoms with Gasteiger partial charge in [0, 0.05) is 41.1 Å². The number of pyridine rings is 1. The molecule has 1 amide bonds. The molecule has 0 bridgehead atoms. The van der Waals surface area contributed by atoms with E-state index in [0.717, 1.165) is 17.2 Å². The number of aromatic nitrogens is 1. The van der Waals surface area contributed by atoms with E-state index in [2.05, 4.69) is 15.6 Å². The van der Waals surface area contributed by atoms with Crippen molar-refractivity contribution in [2.75, 3.05) is 5.32 Å². The fraction of sp³-hybridized carbons (Fsp3) is 0.233. The van der Waals surface area contributed by atoms with Crippen LogP contribution in [0.4, 0.5) is 19.0 Å². The maximum absolute atomic E-state index is 14.2. The molecule has 0 radical (unpaired) electrons. The van der Waals surface area contributed by atoms with E-state index in [0.29, 0.717) is 17.8 Å². The molecule has 0 unspecified atom stereocenters. The highest BCUT2D eigenvalue weighted by molar-refractivity contribution is 6.09. The lowest BCUT2D eigenvalue weighted by Crippen LogP contribution is -2.37. The number of hydrogen-bond acceptors (Lipinski definition) is 4. The number of amides is 1. The largest absolute Gasteiger partial charge is 0.416 e. The quantitative estimate of drug-likeness (QED) is 0.420. The van der Waals surface area contributed by atoms with Crippen molar-refractivity contribution in [3.05, 3.63) is 118 Å². The minimum Gasteiger partial charge on any atom is -0.362 e. The first-order valence-electron chi connectivity index (χ1n) is 12.3. The molecule has 5 rings (SSSR count). The first kappa shape index (κ1) is 25.4. The summed E-state index contributed by atoms with van der Waals surface area (Å²) in [6.07, 6.45) is -2.54. The molecule has 2 heterocycles. The van der Waals surface area contributed by atoms with Gasteiger partial charge in [0.1, 0.15) is 5.82 Å². The molecular formula is C30H26F3N3O2. The van der Waals surface area contributed by atoms with Crippen LogP contribution >= 0.6 is 0 Å². The Morgan fingerprint density at radius 3 is 2.42 bits per heavy atom. The highest BCUT2D eigenvalue weighted by Gasteiger charge is 2.44. The topological polar surface area (TPSA) is 71.1 Å². The zero-order chi connectivity index (χ0) is 27.0. The molecule has 2 aromatic carbocycles. The molecule has 1 aliphatic heterocycles. The third kappa shape index (κ3) is 4.86. The van der Waals surface area contributed by atoms with Crippen LogP contribution in [-0.4, -0.2) is 16.7 Å². The minimum atomic E-state index is -4.67. The summed E-state index contributed by atoms with van der Waals surface area (Å²) < 4.78 is 42.5. The van der Waals surface area contributed by atoms with E-state index in [1.54, 1.807) is 19.1 Å². The van der Waals surface area contributed by atoms with Crippen LogP contribution in [0.2, 0.25) is 0 Å². The number of nitrogens with one attached hydrogen (secondary N) is 2. The second kappa shape index (κ2) is 9.93. The van der Waals surface area contributed by atoms with E-state index < -0.39 is 23.6 Å². The molecule has 0 saturated heterocycles. The van der Waals surface area contributed by atoms with Crippen LogP contribution in [-0.2, 0) is 15.8 Å². The third-order valence-electron chi connectivity index (χ3n) is 7.08. The van der Waals surface area contributed by atoms with Crippen LogP contribution in [0, 0.1) is 6.92 Å². The summed E-state index contributed by atoms with van der Waals surface area (Å²) in [5.41, 5.74) is 2.08. The van der Waals surface area contributed by atoms with Crippen molar-refractivity contribution >= 4 is 17.5 Å². The standard InChI is InChI=1S/C30H26F3N3O2/c1-17-12-13-34-25(14-17)36-29(38)26-18(2)35-23-15-20(19-8-4-3-5-9-19)16-24(37)28(23)27(26)21-10-6-7-11-22(21)30(31,32)33/h3-14,20,27,35H,15-16H2,1-2H3,(H,34,36,38)/t20-,27-/m1/s1. The van der Waals surface area contributed by atoms with Gasteiger partial charge in [0.15, 0.2) is 5.78 Å². The van der Waals surface area contributed by atoms with Crippen LogP contribution in [0.3, 0.4) is 0 Å². The van der Waals surface area contributed by atoms with Gasteiger partial charge < -0.3 is 10.6 Å². The number of Topliss-reactive ketones (excluding diaryl/α,β-unsaturated/α-hetero) is 1. The lowest BCUT2D eigenvalue weighted by Gasteiger charge is -2.37. The van der Waals surface area contributed by atoms with E-state index in [9.17, 15) is 22.8 Å². The van der Waals surface area contributed by atoms with Crippen LogP contribution in [0.1, 0.15) is 53.9 Å². The number of halogens is 3. The highest BCUT2D eigenvalue weighted by Crippen LogP contribution is 2.48. The van der Waals surface area contributed by atoms with Crippen LogP contribution in [0.25, 0.3) is 0 Å². The Balaban J connectivity index is 1.63. The molecule has 0 fully saturated rings. The Hall–Kier alpha value is -4.20. The summed E-state index contributed by atoms with van der Waals surface area (Å²) in [7, 11) is 0. The smallest absolute Gasteiger partial charge is 0.362 e. The molecule has 0 saturated carbocycles. The molecule has 2 aliphatic rings. The summed E-state index contributed by atoms with van der Waals surface area (Å²) >= 11 is 0. The highest BCUT2D eigenvalue weighted by atomic mass is 19.4. The average Bonchev–Trinajstić information content (AvgIpc) is 2.87. The van der Waals surface area contributed by atoms with Gasteiger partial charge in [-0.1, -0.05) is 48.5 Å². The molecule has 0 spiro atoms. The van der Waals surface area contributed by atoms with Gasteiger partial charge in [-0.3, -0.25) is 9.59 Å². The van der Waals surface area contributed by atoms with E-state index in [4.69, 9.17) is 0 Å². The normalized spacial score (nSPS) is 19.7. The number of alkyl halides is 3. The van der Waals surface area contributed by atoms with Crippen molar-refractivity contribution in [1.29, 1.82) is 0 Å². The van der Waals surface area contributed by atoms with Gasteiger partial charge in [-0.15, -0.1) is 0 Å². The SMILES string of the molecule is CC1=C(C(=O)Nc2cc(C)ccn2)[C@@H](c2ccccc2C(F)(F)F)C2=C(C[C@@H](c3ccccc3)CC2=O)N1. The summed E-state index contributed by atoms with van der Waals surface area (Å²) in [6.45, 7) is 3.50. The zero-order valence-corrected chi connectivity index (χ0v) is 20.9. The van der Waals surface area contributed by atoms with Gasteiger partial charge in [0.05, 0.1) is 5.56 Å². The van der Waals surface area contributed by atoms with Crippen molar-refractivity contribution in [2.45, 2.75) is 44.7 Å². The number of dihydropyridines is 1. The van der Waals surface area contributed by atoms with E-state index >= 15 is 0 Å². The fourth-order valence-electron chi connectivity index (χ4n) is 5.41. The fourth-order valence-corrected chi connectivity index (χ4v) is 5.41. The summed E-state index contributed by atoms with van der Waals surface area (Å²) in [4.78, 5) is 31.5. The Labute approximate surface area is 218 Å². The maximum Gasteiger partial charge on any atom is 0.416 e. The number of rotatable bonds is 4. The number of aryl methyl sites for hydroxylation is 1. The number of allylic oxidation sites excluding steroid dienone is 3. The first-order chi connectivity index (χ1) is 18.1. The predicted octanol–water partition coefficient (Wildman–Crippen LogP) is 6.41. The van der Waals surface area contributed by atoms with Crippen LogP contribution in [0.5, 0.6) is 0 Å². The Morgan fingerprint density at radius 1 is 1.00 bits per heavy atom. The number of carbonyl (C=O) groups is 2. The summed E-state index contributed by atoms with van der Waals surface area (Å²) in [5.74, 6) is -1.91. The molecule has 2 N–H and O–H groups in total. The number of carbonyl (C=O) groups excluding carboxylic acids is 2. The first-order valence-corrected chi connectivity index (χ1v) is 12.3. The number of anilines is 1. The van der Waals surface area contributed by atoms with E-state index in [1.165, 1.54) is 24.4 Å². The summed E-state index contributed by atoms with van der Waals surface area (Å²) in [5, 5.41) is 5.93. The number of hydrogen-bond donors (Lipinski definition) is 2. The van der Waals surface area contributed by atoms with Gasteiger partial charge in [0.2, 0.25) is 0 Å². The van der Waals surface area contributed by atoms with Crippen molar-refractivity contribution < 1.29 is 22.8 Å². The van der Waals surface area contributed by atoms with Crippen LogP contribution in [0.15, 0.2) is 95.5 Å². The maximum atomic E-state index is 14.2. The van der Waals surface area contributed by atoms with Gasteiger partial charge in [-0.25, -0.2) is 4.98 Å². The predicted molar refractivity (Wildman–Crippen MR) is 138 cm³/mol. The van der Waals surface area contributed by atoms with Gasteiger partial charge in [-0.2, -0.15) is 13.2 Å². The monoisotopic (exact) mass is 517 g/mol. The Bertz CT molecular complexity index is 1480. The molecule has 3 aromatic rings. The van der Waals surface area contributed by atoms with Gasteiger partial charge in [0.25, 0.3) is 5.91 Å². The second-order valence-electron chi connectivity index (χ2n) is 9.69. The number of benzene rings is 2. The molecule has 194 valence electrons. The second-order valence-corrected chi connectivity index (χ2v) is 9.69. The van der Waals surface area contributed by atoms with Gasteiger partial charge in [-0.05, 0) is 61.1 Å². The Morgan fingerprint density at radius 2 is 1.71 bits per heavy atom. The van der Waals surface area contributed by atoms with Crippen molar-refractivity contribution in [1.82, 2.24) is 10.3 Å². The third-order valence-corrected chi connectivity index (χ3v) is 7.08. The van der Waals surface area contributed by atoms with Crippen molar-refractivity contribution in [3.63, 3.8) is 0 Å². The summed E-state index contributed by atoms with van der Waals surface area (Å²) in [6, 6.07) is 18.2. The number of nitrogens with zero attached hydrogens (tertiary/aromatic N) is 1.